The highest BCUT2D eigenvalue weighted by atomic mass is 16.6. The molecule has 0 N–H and O–H groups in total. The molecule has 8 nitrogen and oxygen atoms in total. The van der Waals surface area contributed by atoms with E-state index < -0.39 is 16.7 Å². The van der Waals surface area contributed by atoms with Crippen LogP contribution in [-0.4, -0.2) is 23.8 Å². The number of carbonyl (C=O) groups excluding carboxylic acids is 2. The number of benzene rings is 3. The Bertz CT molecular complexity index is 1160. The Kier molecular flexibility index (Phi) is 4.44. The summed E-state index contributed by atoms with van der Waals surface area (Å²) in [7, 11) is 1.52. The van der Waals surface area contributed by atoms with Crippen LogP contribution in [0.3, 0.4) is 0 Å². The second-order valence-corrected chi connectivity index (χ2v) is 6.18. The van der Waals surface area contributed by atoms with Gasteiger partial charge in [0.05, 0.1) is 28.8 Å². The summed E-state index contributed by atoms with van der Waals surface area (Å²) in [4.78, 5) is 37.0. The topological polar surface area (TPSA) is 99.0 Å². The molecule has 0 aromatic heterocycles. The first kappa shape index (κ1) is 18.2. The van der Waals surface area contributed by atoms with Crippen molar-refractivity contribution < 1.29 is 24.0 Å². The van der Waals surface area contributed by atoms with Crippen molar-refractivity contribution in [2.75, 3.05) is 12.0 Å². The third kappa shape index (κ3) is 3.16. The third-order valence-corrected chi connectivity index (χ3v) is 4.45. The first-order valence-electron chi connectivity index (χ1n) is 8.58. The smallest absolute Gasteiger partial charge is 0.271 e. The normalized spacial score (nSPS) is 12.7. The zero-order valence-corrected chi connectivity index (χ0v) is 15.2. The summed E-state index contributed by atoms with van der Waals surface area (Å²) in [5.74, 6) is 0.219. The summed E-state index contributed by atoms with van der Waals surface area (Å²) in [6, 6.07) is 17.0. The number of amides is 2. The average Bonchev–Trinajstić information content (AvgIpc) is 2.98. The highest BCUT2D eigenvalue weighted by molar-refractivity contribution is 6.34. The van der Waals surface area contributed by atoms with Gasteiger partial charge in [-0.1, -0.05) is 18.2 Å². The van der Waals surface area contributed by atoms with Crippen molar-refractivity contribution in [1.82, 2.24) is 0 Å². The number of imide groups is 1. The van der Waals surface area contributed by atoms with Gasteiger partial charge < -0.3 is 9.47 Å². The average molecular weight is 390 g/mol. The number of nitro benzene ring substituents is 1. The molecule has 0 radical (unpaired) electrons. The van der Waals surface area contributed by atoms with E-state index in [-0.39, 0.29) is 22.5 Å². The number of nitro groups is 1. The fourth-order valence-corrected chi connectivity index (χ4v) is 3.09. The molecule has 0 aliphatic carbocycles. The second-order valence-electron chi connectivity index (χ2n) is 6.18. The first-order chi connectivity index (χ1) is 14.0. The number of hydrogen-bond donors (Lipinski definition) is 0. The van der Waals surface area contributed by atoms with Crippen molar-refractivity contribution in [3.63, 3.8) is 0 Å². The van der Waals surface area contributed by atoms with Crippen LogP contribution in [0.1, 0.15) is 20.7 Å². The summed E-state index contributed by atoms with van der Waals surface area (Å²) in [5.41, 5.74) is 0.291. The van der Waals surface area contributed by atoms with Crippen LogP contribution in [0.4, 0.5) is 11.4 Å². The number of hydrogen-bond acceptors (Lipinski definition) is 6. The van der Waals surface area contributed by atoms with Gasteiger partial charge in [0.1, 0.15) is 5.75 Å². The maximum Gasteiger partial charge on any atom is 0.271 e. The molecule has 3 aromatic rings. The van der Waals surface area contributed by atoms with Gasteiger partial charge in [-0.2, -0.15) is 0 Å². The quantitative estimate of drug-likeness (QED) is 0.368. The van der Waals surface area contributed by atoms with Crippen molar-refractivity contribution in [3.8, 4) is 17.2 Å². The molecule has 0 fully saturated rings. The van der Waals surface area contributed by atoms with E-state index in [4.69, 9.17) is 9.47 Å². The summed E-state index contributed by atoms with van der Waals surface area (Å²) in [5, 5.41) is 11.0. The Morgan fingerprint density at radius 2 is 1.59 bits per heavy atom. The molecule has 1 aliphatic rings. The van der Waals surface area contributed by atoms with Gasteiger partial charge in [-0.25, -0.2) is 4.90 Å². The number of methoxy groups -OCH3 is 1. The van der Waals surface area contributed by atoms with E-state index in [9.17, 15) is 19.7 Å². The number of rotatable bonds is 5. The number of nitrogens with zero attached hydrogens (tertiary/aromatic N) is 2. The van der Waals surface area contributed by atoms with Crippen molar-refractivity contribution >= 4 is 23.2 Å². The Balaban J connectivity index is 1.68. The van der Waals surface area contributed by atoms with Crippen LogP contribution in [-0.2, 0) is 0 Å². The van der Waals surface area contributed by atoms with Crippen molar-refractivity contribution in [2.24, 2.45) is 0 Å². The lowest BCUT2D eigenvalue weighted by atomic mass is 10.1. The molecule has 3 aromatic carbocycles. The molecule has 2 amide bonds. The van der Waals surface area contributed by atoms with E-state index in [2.05, 4.69) is 0 Å². The van der Waals surface area contributed by atoms with Crippen LogP contribution >= 0.6 is 0 Å². The number of non-ortho nitro benzene ring substituents is 1. The van der Waals surface area contributed by atoms with Crippen LogP contribution in [0, 0.1) is 10.1 Å². The van der Waals surface area contributed by atoms with E-state index in [1.807, 2.05) is 0 Å². The van der Waals surface area contributed by atoms with E-state index in [0.29, 0.717) is 17.2 Å². The Morgan fingerprint density at radius 1 is 0.862 bits per heavy atom. The fraction of sp³-hybridized carbons (Fsp3) is 0.0476. The lowest BCUT2D eigenvalue weighted by molar-refractivity contribution is -0.384. The van der Waals surface area contributed by atoms with Crippen LogP contribution in [0.25, 0.3) is 0 Å². The third-order valence-electron chi connectivity index (χ3n) is 4.45. The van der Waals surface area contributed by atoms with Gasteiger partial charge in [-0.3, -0.25) is 19.7 Å². The van der Waals surface area contributed by atoms with Gasteiger partial charge in [0.15, 0.2) is 11.5 Å². The molecule has 1 aliphatic heterocycles. The fourth-order valence-electron chi connectivity index (χ4n) is 3.09. The summed E-state index contributed by atoms with van der Waals surface area (Å²) in [6.45, 7) is 0. The monoisotopic (exact) mass is 390 g/mol. The molecule has 0 saturated carbocycles. The molecule has 4 rings (SSSR count). The predicted octanol–water partition coefficient (Wildman–Crippen LogP) is 4.20. The summed E-state index contributed by atoms with van der Waals surface area (Å²) >= 11 is 0. The number of anilines is 1. The molecule has 0 atom stereocenters. The Hall–Kier alpha value is -4.20. The molecule has 29 heavy (non-hydrogen) atoms. The number of ether oxygens (including phenoxy) is 2. The van der Waals surface area contributed by atoms with Gasteiger partial charge in [-0.05, 0) is 36.4 Å². The summed E-state index contributed by atoms with van der Waals surface area (Å²) < 4.78 is 11.0. The van der Waals surface area contributed by atoms with Crippen molar-refractivity contribution in [1.29, 1.82) is 0 Å². The van der Waals surface area contributed by atoms with Crippen LogP contribution in [0.2, 0.25) is 0 Å². The van der Waals surface area contributed by atoms with Gasteiger partial charge in [0, 0.05) is 12.1 Å². The Morgan fingerprint density at radius 3 is 2.31 bits per heavy atom. The van der Waals surface area contributed by atoms with Crippen molar-refractivity contribution in [3.05, 3.63) is 88.0 Å². The molecule has 1 heterocycles. The lowest BCUT2D eigenvalue weighted by Gasteiger charge is -2.13. The predicted molar refractivity (Wildman–Crippen MR) is 104 cm³/mol. The lowest BCUT2D eigenvalue weighted by Crippen LogP contribution is -2.29. The van der Waals surface area contributed by atoms with E-state index >= 15 is 0 Å². The highest BCUT2D eigenvalue weighted by Gasteiger charge is 2.37. The summed E-state index contributed by atoms with van der Waals surface area (Å²) in [6.07, 6.45) is 0. The maximum atomic E-state index is 12.9. The zero-order chi connectivity index (χ0) is 20.5. The van der Waals surface area contributed by atoms with E-state index in [1.54, 1.807) is 30.3 Å². The number of fused-ring (bicyclic) bond motifs is 1. The molecular weight excluding hydrogens is 376 g/mol. The molecule has 0 bridgehead atoms. The second kappa shape index (κ2) is 7.08. The number of para-hydroxylation sites is 2. The van der Waals surface area contributed by atoms with E-state index in [0.717, 1.165) is 4.90 Å². The van der Waals surface area contributed by atoms with Gasteiger partial charge in [-0.15, -0.1) is 0 Å². The molecule has 0 unspecified atom stereocenters. The molecule has 8 heteroatoms. The van der Waals surface area contributed by atoms with Gasteiger partial charge >= 0.3 is 0 Å². The maximum absolute atomic E-state index is 12.9. The van der Waals surface area contributed by atoms with Gasteiger partial charge in [0.25, 0.3) is 17.5 Å². The minimum atomic E-state index is -0.582. The minimum absolute atomic E-state index is 0.137. The van der Waals surface area contributed by atoms with Crippen LogP contribution in [0.5, 0.6) is 17.2 Å². The van der Waals surface area contributed by atoms with Gasteiger partial charge in [0.2, 0.25) is 0 Å². The minimum Gasteiger partial charge on any atom is -0.493 e. The number of carbonyl (C=O) groups is 2. The molecule has 0 spiro atoms. The van der Waals surface area contributed by atoms with E-state index in [1.165, 1.54) is 43.5 Å². The zero-order valence-electron chi connectivity index (χ0n) is 15.2. The Labute approximate surface area is 165 Å². The van der Waals surface area contributed by atoms with Crippen molar-refractivity contribution in [2.45, 2.75) is 0 Å². The highest BCUT2D eigenvalue weighted by Crippen LogP contribution is 2.35. The SMILES string of the molecule is COc1ccccc1Oc1ccc2c(c1)C(=O)N(c1cccc([N+](=O)[O-])c1)C2=O. The molecule has 0 saturated heterocycles. The molecule has 144 valence electrons. The standard InChI is InChI=1S/C21H14N2O6/c1-28-18-7-2-3-8-19(18)29-15-9-10-16-17(12-15)21(25)22(20(16)24)13-5-4-6-14(11-13)23(26)27/h2-12H,1H3. The first-order valence-corrected chi connectivity index (χ1v) is 8.58. The molecular formula is C21H14N2O6. The largest absolute Gasteiger partial charge is 0.493 e. The van der Waals surface area contributed by atoms with Crippen LogP contribution in [0.15, 0.2) is 66.7 Å². The van der Waals surface area contributed by atoms with Crippen LogP contribution < -0.4 is 14.4 Å².